The summed E-state index contributed by atoms with van der Waals surface area (Å²) < 4.78 is 10.9. The molecule has 2 aliphatic rings. The maximum atomic E-state index is 11.5. The fourth-order valence-corrected chi connectivity index (χ4v) is 3.88. The average molecular weight is 266 g/mol. The van der Waals surface area contributed by atoms with Crippen molar-refractivity contribution in [1.82, 2.24) is 0 Å². The van der Waals surface area contributed by atoms with E-state index in [4.69, 9.17) is 9.47 Å². The molecular formula is C16H26O3. The maximum Gasteiger partial charge on any atom is 0.335 e. The van der Waals surface area contributed by atoms with Gasteiger partial charge in [-0.25, -0.2) is 4.79 Å². The lowest BCUT2D eigenvalue weighted by molar-refractivity contribution is -0.139. The summed E-state index contributed by atoms with van der Waals surface area (Å²) in [6, 6.07) is 0. The van der Waals surface area contributed by atoms with Gasteiger partial charge in [-0.2, -0.15) is 0 Å². The van der Waals surface area contributed by atoms with Crippen LogP contribution >= 0.6 is 0 Å². The van der Waals surface area contributed by atoms with E-state index in [2.05, 4.69) is 27.4 Å². The average Bonchev–Trinajstić information content (AvgIpc) is 2.68. The van der Waals surface area contributed by atoms with Crippen molar-refractivity contribution >= 4 is 5.97 Å². The van der Waals surface area contributed by atoms with Crippen LogP contribution in [0.4, 0.5) is 0 Å². The summed E-state index contributed by atoms with van der Waals surface area (Å²) in [4.78, 5) is 11.5. The first-order valence-electron chi connectivity index (χ1n) is 7.29. The second-order valence-corrected chi connectivity index (χ2v) is 6.73. The maximum absolute atomic E-state index is 11.5. The Bertz CT molecular complexity index is 385. The Kier molecular flexibility index (Phi) is 3.78. The van der Waals surface area contributed by atoms with Crippen LogP contribution in [-0.4, -0.2) is 25.3 Å². The van der Waals surface area contributed by atoms with Crippen LogP contribution in [0.5, 0.6) is 0 Å². The molecule has 2 rings (SSSR count). The van der Waals surface area contributed by atoms with Crippen LogP contribution in [0.15, 0.2) is 12.2 Å². The number of ether oxygens (including phenoxy) is 2. The third-order valence-corrected chi connectivity index (χ3v) is 5.74. The number of carbonyl (C=O) groups is 1. The first-order valence-corrected chi connectivity index (χ1v) is 7.29. The quantitative estimate of drug-likeness (QED) is 0.565. The van der Waals surface area contributed by atoms with Crippen molar-refractivity contribution in [3.8, 4) is 0 Å². The number of rotatable bonds is 5. The van der Waals surface area contributed by atoms with Crippen LogP contribution in [-0.2, 0) is 14.3 Å². The standard InChI is InChI=1S/C16H26O3/c1-6-18-14(17)11(2)10-19-13-9-12-7-8-16(13,5)15(12,3)4/h12-13H,2,6-10H2,1,3-5H3. The van der Waals surface area contributed by atoms with E-state index in [0.717, 1.165) is 12.3 Å². The lowest BCUT2D eigenvalue weighted by atomic mass is 9.70. The molecule has 2 aliphatic carbocycles. The number of carbonyl (C=O) groups excluding carboxylic acids is 1. The lowest BCUT2D eigenvalue weighted by Gasteiger charge is -2.38. The van der Waals surface area contributed by atoms with Gasteiger partial charge in [-0.3, -0.25) is 0 Å². The monoisotopic (exact) mass is 266 g/mol. The van der Waals surface area contributed by atoms with Crippen molar-refractivity contribution in [2.45, 2.75) is 53.1 Å². The molecular weight excluding hydrogens is 240 g/mol. The Balaban J connectivity index is 1.92. The highest BCUT2D eigenvalue weighted by Crippen LogP contribution is 2.66. The molecule has 19 heavy (non-hydrogen) atoms. The minimum Gasteiger partial charge on any atom is -0.463 e. The zero-order valence-electron chi connectivity index (χ0n) is 12.6. The normalized spacial score (nSPS) is 35.4. The zero-order valence-corrected chi connectivity index (χ0v) is 12.6. The molecule has 0 aromatic carbocycles. The van der Waals surface area contributed by atoms with Crippen molar-refractivity contribution < 1.29 is 14.3 Å². The van der Waals surface area contributed by atoms with E-state index >= 15 is 0 Å². The molecule has 0 radical (unpaired) electrons. The first-order chi connectivity index (χ1) is 8.83. The van der Waals surface area contributed by atoms with Gasteiger partial charge in [-0.15, -0.1) is 0 Å². The van der Waals surface area contributed by atoms with Crippen molar-refractivity contribution in [2.24, 2.45) is 16.7 Å². The first kappa shape index (κ1) is 14.6. The minimum atomic E-state index is -0.338. The van der Waals surface area contributed by atoms with Gasteiger partial charge >= 0.3 is 5.97 Å². The second-order valence-electron chi connectivity index (χ2n) is 6.73. The molecule has 2 bridgehead atoms. The summed E-state index contributed by atoms with van der Waals surface area (Å²) in [7, 11) is 0. The molecule has 0 N–H and O–H groups in total. The lowest BCUT2D eigenvalue weighted by Crippen LogP contribution is -2.37. The van der Waals surface area contributed by atoms with Crippen LogP contribution in [0, 0.1) is 16.7 Å². The van der Waals surface area contributed by atoms with Gasteiger partial charge in [0.25, 0.3) is 0 Å². The Morgan fingerprint density at radius 3 is 2.53 bits per heavy atom. The number of esters is 1. The van der Waals surface area contributed by atoms with Gasteiger partial charge in [0.05, 0.1) is 24.9 Å². The summed E-state index contributed by atoms with van der Waals surface area (Å²) in [5.74, 6) is 0.411. The van der Waals surface area contributed by atoms with Gasteiger partial charge in [0.2, 0.25) is 0 Å². The largest absolute Gasteiger partial charge is 0.463 e. The van der Waals surface area contributed by atoms with E-state index in [9.17, 15) is 4.79 Å². The fourth-order valence-electron chi connectivity index (χ4n) is 3.88. The van der Waals surface area contributed by atoms with Crippen LogP contribution in [0.2, 0.25) is 0 Å². The molecule has 3 unspecified atom stereocenters. The number of hydrogen-bond donors (Lipinski definition) is 0. The Labute approximate surface area is 116 Å². The van der Waals surface area contributed by atoms with Crippen LogP contribution in [0.1, 0.15) is 47.0 Å². The summed E-state index contributed by atoms with van der Waals surface area (Å²) in [6.45, 7) is 13.3. The SMILES string of the molecule is C=C(COC1CC2CCC1(C)C2(C)C)C(=O)OCC. The number of fused-ring (bicyclic) bond motifs is 2. The molecule has 0 saturated heterocycles. The number of hydrogen-bond acceptors (Lipinski definition) is 3. The van der Waals surface area contributed by atoms with Crippen molar-refractivity contribution in [2.75, 3.05) is 13.2 Å². The summed E-state index contributed by atoms with van der Waals surface area (Å²) in [6.07, 6.45) is 3.88. The predicted octanol–water partition coefficient (Wildman–Crippen LogP) is 3.34. The second kappa shape index (κ2) is 4.93. The van der Waals surface area contributed by atoms with Gasteiger partial charge in [-0.1, -0.05) is 27.4 Å². The Morgan fingerprint density at radius 2 is 2.05 bits per heavy atom. The van der Waals surface area contributed by atoms with E-state index in [1.165, 1.54) is 12.8 Å². The van der Waals surface area contributed by atoms with Crippen LogP contribution in [0.25, 0.3) is 0 Å². The van der Waals surface area contributed by atoms with Gasteiger partial charge in [0.15, 0.2) is 0 Å². The molecule has 0 spiro atoms. The zero-order chi connectivity index (χ0) is 14.3. The fraction of sp³-hybridized carbons (Fsp3) is 0.812. The Hall–Kier alpha value is -0.830. The molecule has 0 aliphatic heterocycles. The highest BCUT2D eigenvalue weighted by Gasteiger charge is 2.61. The van der Waals surface area contributed by atoms with Gasteiger partial charge in [0, 0.05) is 0 Å². The van der Waals surface area contributed by atoms with Crippen LogP contribution in [0.3, 0.4) is 0 Å². The highest BCUT2D eigenvalue weighted by atomic mass is 16.5. The molecule has 0 heterocycles. The van der Waals surface area contributed by atoms with E-state index in [1.54, 1.807) is 6.92 Å². The molecule has 108 valence electrons. The molecule has 2 fully saturated rings. The molecule has 0 aromatic heterocycles. The predicted molar refractivity (Wildman–Crippen MR) is 74.7 cm³/mol. The van der Waals surface area contributed by atoms with Crippen molar-refractivity contribution in [3.63, 3.8) is 0 Å². The minimum absolute atomic E-state index is 0.229. The molecule has 3 nitrogen and oxygen atoms in total. The molecule has 3 heteroatoms. The summed E-state index contributed by atoms with van der Waals surface area (Å²) in [5, 5.41) is 0. The molecule has 0 aromatic rings. The van der Waals surface area contributed by atoms with Crippen molar-refractivity contribution in [1.29, 1.82) is 0 Å². The van der Waals surface area contributed by atoms with E-state index in [1.807, 2.05) is 0 Å². The van der Waals surface area contributed by atoms with Gasteiger partial charge in [0.1, 0.15) is 0 Å². The smallest absolute Gasteiger partial charge is 0.335 e. The molecule has 0 amide bonds. The van der Waals surface area contributed by atoms with Gasteiger partial charge in [-0.05, 0) is 42.9 Å². The summed E-state index contributed by atoms with van der Waals surface area (Å²) >= 11 is 0. The van der Waals surface area contributed by atoms with E-state index in [0.29, 0.717) is 24.2 Å². The van der Waals surface area contributed by atoms with Gasteiger partial charge < -0.3 is 9.47 Å². The van der Waals surface area contributed by atoms with Crippen LogP contribution < -0.4 is 0 Å². The van der Waals surface area contributed by atoms with Crippen molar-refractivity contribution in [3.05, 3.63) is 12.2 Å². The molecule has 3 atom stereocenters. The van der Waals surface area contributed by atoms with E-state index < -0.39 is 0 Å². The summed E-state index contributed by atoms with van der Waals surface area (Å²) in [5.41, 5.74) is 0.987. The third-order valence-electron chi connectivity index (χ3n) is 5.74. The highest BCUT2D eigenvalue weighted by molar-refractivity contribution is 5.87. The van der Waals surface area contributed by atoms with E-state index in [-0.39, 0.29) is 17.5 Å². The topological polar surface area (TPSA) is 35.5 Å². The Morgan fingerprint density at radius 1 is 1.37 bits per heavy atom. The molecule has 2 saturated carbocycles. The third kappa shape index (κ3) is 2.22.